The highest BCUT2D eigenvalue weighted by atomic mass is 32.2. The number of ether oxygens (including phenoxy) is 1. The van der Waals surface area contributed by atoms with E-state index in [4.69, 9.17) is 20.7 Å². The van der Waals surface area contributed by atoms with Crippen molar-refractivity contribution < 1.29 is 18.3 Å². The standard InChI is InChI=1S/C10H17N3O4S/c11-8-5-9(13-1-3-17-4-2-14)7-10(6-8)18(12,15)16/h5-7,13-14H,1-4,11H2,(H2,12,15,16). The van der Waals surface area contributed by atoms with E-state index in [0.29, 0.717) is 24.5 Å². The molecule has 0 aliphatic heterocycles. The molecular formula is C10H17N3O4S. The van der Waals surface area contributed by atoms with Gasteiger partial charge in [-0.2, -0.15) is 0 Å². The molecule has 0 atom stereocenters. The second-order valence-electron chi connectivity index (χ2n) is 3.60. The Labute approximate surface area is 106 Å². The van der Waals surface area contributed by atoms with Crippen molar-refractivity contribution in [2.24, 2.45) is 5.14 Å². The van der Waals surface area contributed by atoms with E-state index < -0.39 is 10.0 Å². The molecule has 18 heavy (non-hydrogen) atoms. The van der Waals surface area contributed by atoms with Crippen molar-refractivity contribution in [1.82, 2.24) is 0 Å². The lowest BCUT2D eigenvalue weighted by Gasteiger charge is -2.09. The summed E-state index contributed by atoms with van der Waals surface area (Å²) < 4.78 is 27.4. The molecule has 0 aliphatic rings. The minimum atomic E-state index is -3.77. The van der Waals surface area contributed by atoms with Crippen LogP contribution in [0.4, 0.5) is 11.4 Å². The first-order valence-electron chi connectivity index (χ1n) is 5.29. The summed E-state index contributed by atoms with van der Waals surface area (Å²) in [5.41, 5.74) is 6.44. The Morgan fingerprint density at radius 3 is 2.61 bits per heavy atom. The van der Waals surface area contributed by atoms with Crippen LogP contribution in [0.5, 0.6) is 0 Å². The first kappa shape index (κ1) is 14.7. The molecule has 0 saturated carbocycles. The van der Waals surface area contributed by atoms with Crippen molar-refractivity contribution in [3.8, 4) is 0 Å². The van der Waals surface area contributed by atoms with E-state index in [9.17, 15) is 8.42 Å². The molecule has 0 spiro atoms. The molecule has 1 aromatic rings. The number of hydrogen-bond acceptors (Lipinski definition) is 6. The third-order valence-electron chi connectivity index (χ3n) is 2.07. The van der Waals surface area contributed by atoms with E-state index in [0.717, 1.165) is 0 Å². The number of sulfonamides is 1. The molecule has 0 aliphatic carbocycles. The molecule has 102 valence electrons. The lowest BCUT2D eigenvalue weighted by Crippen LogP contribution is -2.14. The maximum absolute atomic E-state index is 11.2. The quantitative estimate of drug-likeness (QED) is 0.386. The Morgan fingerprint density at radius 2 is 2.00 bits per heavy atom. The van der Waals surface area contributed by atoms with Gasteiger partial charge in [-0.05, 0) is 18.2 Å². The normalized spacial score (nSPS) is 11.4. The summed E-state index contributed by atoms with van der Waals surface area (Å²) in [7, 11) is -3.77. The van der Waals surface area contributed by atoms with Crippen LogP contribution in [0.3, 0.4) is 0 Å². The number of aliphatic hydroxyl groups is 1. The first-order chi connectivity index (χ1) is 8.43. The molecule has 0 aromatic heterocycles. The fourth-order valence-electron chi connectivity index (χ4n) is 1.32. The van der Waals surface area contributed by atoms with Crippen LogP contribution in [0.1, 0.15) is 0 Å². The molecule has 8 heteroatoms. The van der Waals surface area contributed by atoms with Gasteiger partial charge in [-0.15, -0.1) is 0 Å². The number of nitrogens with one attached hydrogen (secondary N) is 1. The number of benzene rings is 1. The fourth-order valence-corrected chi connectivity index (χ4v) is 1.91. The number of primary sulfonamides is 1. The van der Waals surface area contributed by atoms with E-state index in [1.807, 2.05) is 0 Å². The van der Waals surface area contributed by atoms with E-state index >= 15 is 0 Å². The number of rotatable bonds is 7. The van der Waals surface area contributed by atoms with Gasteiger partial charge < -0.3 is 20.9 Å². The van der Waals surface area contributed by atoms with Gasteiger partial charge in [0.05, 0.1) is 24.7 Å². The van der Waals surface area contributed by atoms with Crippen molar-refractivity contribution >= 4 is 21.4 Å². The van der Waals surface area contributed by atoms with Gasteiger partial charge in [-0.3, -0.25) is 0 Å². The van der Waals surface area contributed by atoms with Crippen LogP contribution in [-0.2, 0) is 14.8 Å². The van der Waals surface area contributed by atoms with Gasteiger partial charge in [-0.1, -0.05) is 0 Å². The Morgan fingerprint density at radius 1 is 1.28 bits per heavy atom. The highest BCUT2D eigenvalue weighted by molar-refractivity contribution is 7.89. The first-order valence-corrected chi connectivity index (χ1v) is 6.84. The number of aliphatic hydroxyl groups excluding tert-OH is 1. The Hall–Kier alpha value is -1.35. The minimum Gasteiger partial charge on any atom is -0.399 e. The van der Waals surface area contributed by atoms with Gasteiger partial charge in [0.25, 0.3) is 0 Å². The number of nitrogens with two attached hydrogens (primary N) is 2. The van der Waals surface area contributed by atoms with E-state index in [1.165, 1.54) is 12.1 Å². The third kappa shape index (κ3) is 4.88. The topological polar surface area (TPSA) is 128 Å². The molecule has 0 saturated heterocycles. The summed E-state index contributed by atoms with van der Waals surface area (Å²) in [6.45, 7) is 1.09. The number of anilines is 2. The Kier molecular flexibility index (Phi) is 5.35. The van der Waals surface area contributed by atoms with E-state index in [1.54, 1.807) is 6.07 Å². The number of nitrogen functional groups attached to an aromatic ring is 1. The van der Waals surface area contributed by atoms with Crippen molar-refractivity contribution in [1.29, 1.82) is 0 Å². The minimum absolute atomic E-state index is 0.0339. The van der Waals surface area contributed by atoms with Crippen LogP contribution in [0, 0.1) is 0 Å². The summed E-state index contributed by atoms with van der Waals surface area (Å²) in [6, 6.07) is 4.29. The molecule has 1 rings (SSSR count). The maximum atomic E-state index is 11.2. The van der Waals surface area contributed by atoms with E-state index in [2.05, 4.69) is 5.32 Å². The van der Waals surface area contributed by atoms with Crippen molar-refractivity contribution in [3.05, 3.63) is 18.2 Å². The van der Waals surface area contributed by atoms with Gasteiger partial charge in [-0.25, -0.2) is 13.6 Å². The summed E-state index contributed by atoms with van der Waals surface area (Å²) in [5.74, 6) is 0. The predicted molar refractivity (Wildman–Crippen MR) is 68.6 cm³/mol. The second-order valence-corrected chi connectivity index (χ2v) is 5.16. The molecule has 0 amide bonds. The molecule has 0 fully saturated rings. The summed E-state index contributed by atoms with van der Waals surface area (Å²) in [5, 5.41) is 16.5. The molecule has 0 radical (unpaired) electrons. The summed E-state index contributed by atoms with van der Waals surface area (Å²) in [4.78, 5) is -0.0405. The molecule has 7 nitrogen and oxygen atoms in total. The summed E-state index contributed by atoms with van der Waals surface area (Å²) >= 11 is 0. The SMILES string of the molecule is Nc1cc(NCCOCCO)cc(S(N)(=O)=O)c1. The molecule has 0 unspecified atom stereocenters. The Balaban J connectivity index is 2.64. The summed E-state index contributed by atoms with van der Waals surface area (Å²) in [6.07, 6.45) is 0. The molecule has 1 aromatic carbocycles. The van der Waals surface area contributed by atoms with Crippen molar-refractivity contribution in [2.75, 3.05) is 37.4 Å². The maximum Gasteiger partial charge on any atom is 0.238 e. The van der Waals surface area contributed by atoms with Gasteiger partial charge >= 0.3 is 0 Å². The highest BCUT2D eigenvalue weighted by Crippen LogP contribution is 2.19. The van der Waals surface area contributed by atoms with Gasteiger partial charge in [0.1, 0.15) is 0 Å². The van der Waals surface area contributed by atoms with Gasteiger partial charge in [0, 0.05) is 17.9 Å². The Bertz CT molecular complexity index is 490. The van der Waals surface area contributed by atoms with Crippen molar-refractivity contribution in [2.45, 2.75) is 4.90 Å². The monoisotopic (exact) mass is 275 g/mol. The average molecular weight is 275 g/mol. The zero-order valence-corrected chi connectivity index (χ0v) is 10.6. The van der Waals surface area contributed by atoms with Crippen LogP contribution < -0.4 is 16.2 Å². The molecule has 0 heterocycles. The molecular weight excluding hydrogens is 258 g/mol. The largest absolute Gasteiger partial charge is 0.399 e. The smallest absolute Gasteiger partial charge is 0.238 e. The number of hydrogen-bond donors (Lipinski definition) is 4. The predicted octanol–water partition coefficient (Wildman–Crippen LogP) is -0.663. The third-order valence-corrected chi connectivity index (χ3v) is 2.96. The molecule has 0 bridgehead atoms. The lowest BCUT2D eigenvalue weighted by molar-refractivity contribution is 0.0992. The van der Waals surface area contributed by atoms with Crippen LogP contribution in [-0.4, -0.2) is 39.9 Å². The van der Waals surface area contributed by atoms with Gasteiger partial charge in [0.2, 0.25) is 10.0 Å². The van der Waals surface area contributed by atoms with Crippen LogP contribution >= 0.6 is 0 Å². The van der Waals surface area contributed by atoms with E-state index in [-0.39, 0.29) is 18.1 Å². The zero-order chi connectivity index (χ0) is 13.6. The lowest BCUT2D eigenvalue weighted by atomic mass is 10.3. The average Bonchev–Trinajstić information content (AvgIpc) is 2.27. The second kappa shape index (κ2) is 6.55. The highest BCUT2D eigenvalue weighted by Gasteiger charge is 2.09. The van der Waals surface area contributed by atoms with Crippen LogP contribution in [0.25, 0.3) is 0 Å². The zero-order valence-electron chi connectivity index (χ0n) is 9.80. The molecule has 6 N–H and O–H groups in total. The van der Waals surface area contributed by atoms with Crippen LogP contribution in [0.2, 0.25) is 0 Å². The van der Waals surface area contributed by atoms with Crippen LogP contribution in [0.15, 0.2) is 23.1 Å². The van der Waals surface area contributed by atoms with Crippen molar-refractivity contribution in [3.63, 3.8) is 0 Å². The van der Waals surface area contributed by atoms with Gasteiger partial charge in [0.15, 0.2) is 0 Å². The fraction of sp³-hybridized carbons (Fsp3) is 0.400.